The molecule has 0 saturated heterocycles. The number of aromatic nitrogens is 1. The normalized spacial score (nSPS) is 10.5. The fourth-order valence-electron chi connectivity index (χ4n) is 2.17. The van der Waals surface area contributed by atoms with Gasteiger partial charge in [0.25, 0.3) is 5.91 Å². The molecule has 1 amide bonds. The van der Waals surface area contributed by atoms with Crippen LogP contribution in [0.4, 0.5) is 5.13 Å². The van der Waals surface area contributed by atoms with Gasteiger partial charge in [-0.2, -0.15) is 0 Å². The molecule has 0 aliphatic heterocycles. The summed E-state index contributed by atoms with van der Waals surface area (Å²) in [6.07, 6.45) is 1.01. The number of aryl methyl sites for hydroxylation is 1. The number of carbonyl (C=O) groups is 1. The van der Waals surface area contributed by atoms with Crippen molar-refractivity contribution in [3.63, 3.8) is 0 Å². The van der Waals surface area contributed by atoms with Crippen molar-refractivity contribution in [3.8, 4) is 11.3 Å². The molecule has 0 aliphatic carbocycles. The Bertz CT molecular complexity index is 827. The lowest BCUT2D eigenvalue weighted by Crippen LogP contribution is -2.11. The minimum absolute atomic E-state index is 0.213. The molecule has 116 valence electrons. The van der Waals surface area contributed by atoms with Gasteiger partial charge in [-0.15, -0.1) is 11.3 Å². The average Bonchev–Trinajstić information content (AvgIpc) is 3.03. The van der Waals surface area contributed by atoms with Crippen LogP contribution in [0.15, 0.2) is 53.9 Å². The first-order chi connectivity index (χ1) is 11.2. The van der Waals surface area contributed by atoms with Crippen molar-refractivity contribution in [2.75, 3.05) is 5.32 Å². The molecular weight excluding hydrogens is 328 g/mol. The summed E-state index contributed by atoms with van der Waals surface area (Å²) < 4.78 is 0. The molecule has 0 radical (unpaired) electrons. The van der Waals surface area contributed by atoms with E-state index < -0.39 is 0 Å². The molecule has 3 nitrogen and oxygen atoms in total. The third kappa shape index (κ3) is 3.78. The minimum atomic E-state index is -0.213. The Hall–Kier alpha value is -2.17. The van der Waals surface area contributed by atoms with Crippen molar-refractivity contribution in [3.05, 3.63) is 70.1 Å². The highest BCUT2D eigenvalue weighted by atomic mass is 35.5. The molecule has 23 heavy (non-hydrogen) atoms. The van der Waals surface area contributed by atoms with Gasteiger partial charge in [0, 0.05) is 21.5 Å². The van der Waals surface area contributed by atoms with E-state index >= 15 is 0 Å². The number of hydrogen-bond acceptors (Lipinski definition) is 3. The van der Waals surface area contributed by atoms with Gasteiger partial charge in [-0.05, 0) is 30.2 Å². The van der Waals surface area contributed by atoms with E-state index in [9.17, 15) is 4.79 Å². The summed E-state index contributed by atoms with van der Waals surface area (Å²) in [4.78, 5) is 16.7. The molecule has 3 aromatic rings. The van der Waals surface area contributed by atoms with Gasteiger partial charge in [-0.3, -0.25) is 10.1 Å². The molecule has 1 N–H and O–H groups in total. The summed E-state index contributed by atoms with van der Waals surface area (Å²) in [5.41, 5.74) is 3.71. The third-order valence-electron chi connectivity index (χ3n) is 3.47. The zero-order chi connectivity index (χ0) is 16.2. The number of carbonyl (C=O) groups excluding carboxylic acids is 1. The first-order valence-electron chi connectivity index (χ1n) is 7.27. The number of benzene rings is 2. The number of amides is 1. The Morgan fingerprint density at radius 1 is 1.22 bits per heavy atom. The molecule has 0 atom stereocenters. The molecule has 3 rings (SSSR count). The maximum Gasteiger partial charge on any atom is 0.257 e. The Balaban J connectivity index is 1.75. The van der Waals surface area contributed by atoms with Gasteiger partial charge >= 0.3 is 0 Å². The standard InChI is InChI=1S/C18H15ClN2OS/c1-2-12-6-8-13(9-7-12)16-11-23-18(20-16)21-17(22)14-4-3-5-15(19)10-14/h3-11H,2H2,1H3,(H,20,21,22). The number of rotatable bonds is 4. The van der Waals surface area contributed by atoms with Crippen LogP contribution >= 0.6 is 22.9 Å². The highest BCUT2D eigenvalue weighted by molar-refractivity contribution is 7.14. The Morgan fingerprint density at radius 3 is 2.70 bits per heavy atom. The predicted molar refractivity (Wildman–Crippen MR) is 96.3 cm³/mol. The van der Waals surface area contributed by atoms with E-state index in [1.54, 1.807) is 24.3 Å². The van der Waals surface area contributed by atoms with Gasteiger partial charge in [0.1, 0.15) is 0 Å². The maximum atomic E-state index is 12.2. The molecule has 1 aromatic heterocycles. The third-order valence-corrected chi connectivity index (χ3v) is 4.46. The quantitative estimate of drug-likeness (QED) is 0.701. The van der Waals surface area contributed by atoms with Crippen LogP contribution in [0.5, 0.6) is 0 Å². The summed E-state index contributed by atoms with van der Waals surface area (Å²) in [5, 5.41) is 5.86. The molecule has 5 heteroatoms. The second-order valence-electron chi connectivity index (χ2n) is 5.05. The van der Waals surface area contributed by atoms with Crippen molar-refractivity contribution < 1.29 is 4.79 Å². The number of thiazole rings is 1. The topological polar surface area (TPSA) is 42.0 Å². The number of anilines is 1. The molecule has 0 spiro atoms. The monoisotopic (exact) mass is 342 g/mol. The van der Waals surface area contributed by atoms with Crippen molar-refractivity contribution in [2.45, 2.75) is 13.3 Å². The van der Waals surface area contributed by atoms with E-state index in [2.05, 4.69) is 41.5 Å². The lowest BCUT2D eigenvalue weighted by Gasteiger charge is -2.02. The Kier molecular flexibility index (Phi) is 4.74. The van der Waals surface area contributed by atoms with Crippen LogP contribution in [0.25, 0.3) is 11.3 Å². The zero-order valence-electron chi connectivity index (χ0n) is 12.5. The van der Waals surface area contributed by atoms with E-state index in [0.29, 0.717) is 15.7 Å². The van der Waals surface area contributed by atoms with Crippen LogP contribution in [-0.4, -0.2) is 10.9 Å². The summed E-state index contributed by atoms with van der Waals surface area (Å²) in [5.74, 6) is -0.213. The first-order valence-corrected chi connectivity index (χ1v) is 8.53. The molecule has 0 saturated carbocycles. The Labute approximate surface area is 144 Å². The van der Waals surface area contributed by atoms with Crippen LogP contribution < -0.4 is 5.32 Å². The largest absolute Gasteiger partial charge is 0.298 e. The Morgan fingerprint density at radius 2 is 2.00 bits per heavy atom. The van der Waals surface area contributed by atoms with E-state index in [1.165, 1.54) is 16.9 Å². The minimum Gasteiger partial charge on any atom is -0.298 e. The maximum absolute atomic E-state index is 12.2. The highest BCUT2D eigenvalue weighted by Gasteiger charge is 2.10. The smallest absolute Gasteiger partial charge is 0.257 e. The van der Waals surface area contributed by atoms with Gasteiger partial charge in [-0.25, -0.2) is 4.98 Å². The lowest BCUT2D eigenvalue weighted by molar-refractivity contribution is 0.102. The van der Waals surface area contributed by atoms with Crippen LogP contribution in [0.2, 0.25) is 5.02 Å². The van der Waals surface area contributed by atoms with E-state index in [4.69, 9.17) is 11.6 Å². The summed E-state index contributed by atoms with van der Waals surface area (Å²) in [6, 6.07) is 15.1. The average molecular weight is 343 g/mol. The number of halogens is 1. The molecule has 2 aromatic carbocycles. The summed E-state index contributed by atoms with van der Waals surface area (Å²) >= 11 is 7.31. The number of hydrogen-bond donors (Lipinski definition) is 1. The molecule has 0 unspecified atom stereocenters. The van der Waals surface area contributed by atoms with Crippen molar-refractivity contribution in [1.29, 1.82) is 0 Å². The van der Waals surface area contributed by atoms with Crippen molar-refractivity contribution in [1.82, 2.24) is 4.98 Å². The summed E-state index contributed by atoms with van der Waals surface area (Å²) in [6.45, 7) is 2.13. The highest BCUT2D eigenvalue weighted by Crippen LogP contribution is 2.25. The molecule has 0 aliphatic rings. The van der Waals surface area contributed by atoms with Crippen molar-refractivity contribution >= 4 is 34.0 Å². The fraction of sp³-hybridized carbons (Fsp3) is 0.111. The van der Waals surface area contributed by atoms with Gasteiger partial charge in [0.05, 0.1) is 5.69 Å². The summed E-state index contributed by atoms with van der Waals surface area (Å²) in [7, 11) is 0. The van der Waals surface area contributed by atoms with E-state index in [0.717, 1.165) is 17.7 Å². The molecule has 1 heterocycles. The van der Waals surface area contributed by atoms with Gasteiger partial charge in [0.2, 0.25) is 0 Å². The van der Waals surface area contributed by atoms with E-state index in [-0.39, 0.29) is 5.91 Å². The molecule has 0 bridgehead atoms. The van der Waals surface area contributed by atoms with Crippen molar-refractivity contribution in [2.24, 2.45) is 0 Å². The van der Waals surface area contributed by atoms with Gasteiger partial charge in [-0.1, -0.05) is 48.9 Å². The first kappa shape index (κ1) is 15.7. The number of nitrogens with one attached hydrogen (secondary N) is 1. The van der Waals surface area contributed by atoms with Crippen LogP contribution in [0.1, 0.15) is 22.8 Å². The van der Waals surface area contributed by atoms with Crippen LogP contribution in [0.3, 0.4) is 0 Å². The van der Waals surface area contributed by atoms with Gasteiger partial charge < -0.3 is 0 Å². The van der Waals surface area contributed by atoms with Gasteiger partial charge in [0.15, 0.2) is 5.13 Å². The second-order valence-corrected chi connectivity index (χ2v) is 6.35. The second kappa shape index (κ2) is 6.94. The zero-order valence-corrected chi connectivity index (χ0v) is 14.1. The predicted octanol–water partition coefficient (Wildman–Crippen LogP) is 5.28. The number of nitrogens with zero attached hydrogens (tertiary/aromatic N) is 1. The SMILES string of the molecule is CCc1ccc(-c2csc(NC(=O)c3cccc(Cl)c3)n2)cc1. The van der Waals surface area contributed by atoms with Crippen LogP contribution in [-0.2, 0) is 6.42 Å². The fourth-order valence-corrected chi connectivity index (χ4v) is 3.08. The van der Waals surface area contributed by atoms with E-state index in [1.807, 2.05) is 5.38 Å². The molecule has 0 fully saturated rings. The van der Waals surface area contributed by atoms with Crippen LogP contribution in [0, 0.1) is 0 Å². The lowest BCUT2D eigenvalue weighted by atomic mass is 10.1. The molecular formula is C18H15ClN2OS.